The molecule has 112 valence electrons. The number of benzene rings is 1. The molecule has 0 radical (unpaired) electrons. The van der Waals surface area contributed by atoms with Crippen LogP contribution in [0.4, 0.5) is 0 Å². The van der Waals surface area contributed by atoms with E-state index >= 15 is 0 Å². The van der Waals surface area contributed by atoms with Gasteiger partial charge >= 0.3 is 0 Å². The van der Waals surface area contributed by atoms with E-state index in [1.165, 1.54) is 24.8 Å². The van der Waals surface area contributed by atoms with Crippen LogP contribution in [0.25, 0.3) is 0 Å². The quantitative estimate of drug-likeness (QED) is 0.809. The molecule has 20 heavy (non-hydrogen) atoms. The summed E-state index contributed by atoms with van der Waals surface area (Å²) >= 11 is 8.05. The highest BCUT2D eigenvalue weighted by atomic mass is 35.5. The van der Waals surface area contributed by atoms with E-state index in [-0.39, 0.29) is 0 Å². The second-order valence-corrected chi connectivity index (χ2v) is 8.06. The third-order valence-corrected chi connectivity index (χ3v) is 6.01. The highest BCUT2D eigenvalue weighted by molar-refractivity contribution is 7.99. The van der Waals surface area contributed by atoms with Crippen LogP contribution < -0.4 is 5.32 Å². The van der Waals surface area contributed by atoms with Gasteiger partial charge in [0.05, 0.1) is 0 Å². The number of halogens is 1. The molecule has 1 aromatic carbocycles. The summed E-state index contributed by atoms with van der Waals surface area (Å²) in [4.78, 5) is 0. The molecular weight excluding hydrogens is 286 g/mol. The zero-order valence-corrected chi connectivity index (χ0v) is 14.4. The Hall–Kier alpha value is -0.180. The van der Waals surface area contributed by atoms with Gasteiger partial charge in [0.2, 0.25) is 0 Å². The van der Waals surface area contributed by atoms with E-state index in [4.69, 9.17) is 11.6 Å². The van der Waals surface area contributed by atoms with Crippen molar-refractivity contribution in [2.75, 3.05) is 6.54 Å². The molecule has 0 aromatic heterocycles. The van der Waals surface area contributed by atoms with Gasteiger partial charge in [0.15, 0.2) is 0 Å². The molecule has 3 heteroatoms. The summed E-state index contributed by atoms with van der Waals surface area (Å²) in [5.41, 5.74) is 1.78. The molecule has 0 heterocycles. The van der Waals surface area contributed by atoms with Gasteiger partial charge in [-0.2, -0.15) is 11.8 Å². The standard InChI is InChI=1S/C17H26ClNS/c1-4-19-16-15(6-5-11-17(16,2)3)20-12-13-7-9-14(18)10-8-13/h7-10,15-16,19H,4-6,11-12H2,1-3H3. The highest BCUT2D eigenvalue weighted by Crippen LogP contribution is 2.41. The molecule has 1 fully saturated rings. The molecule has 2 unspecified atom stereocenters. The lowest BCUT2D eigenvalue weighted by atomic mass is 9.73. The molecule has 1 nitrogen and oxygen atoms in total. The van der Waals surface area contributed by atoms with Crippen molar-refractivity contribution in [3.63, 3.8) is 0 Å². The van der Waals surface area contributed by atoms with Crippen LogP contribution in [-0.2, 0) is 5.75 Å². The topological polar surface area (TPSA) is 12.0 Å². The van der Waals surface area contributed by atoms with Gasteiger partial charge in [-0.15, -0.1) is 0 Å². The van der Waals surface area contributed by atoms with Gasteiger partial charge in [-0.05, 0) is 42.5 Å². The molecular formula is C17H26ClNS. The van der Waals surface area contributed by atoms with Crippen LogP contribution in [0.15, 0.2) is 24.3 Å². The van der Waals surface area contributed by atoms with Crippen molar-refractivity contribution < 1.29 is 0 Å². The van der Waals surface area contributed by atoms with Crippen molar-refractivity contribution in [3.05, 3.63) is 34.9 Å². The van der Waals surface area contributed by atoms with Gasteiger partial charge in [0, 0.05) is 22.1 Å². The average molecular weight is 312 g/mol. The van der Waals surface area contributed by atoms with Crippen molar-refractivity contribution >= 4 is 23.4 Å². The van der Waals surface area contributed by atoms with E-state index in [0.717, 1.165) is 22.6 Å². The second-order valence-electron chi connectivity index (χ2n) is 6.39. The molecule has 2 atom stereocenters. The van der Waals surface area contributed by atoms with Crippen LogP contribution in [0.3, 0.4) is 0 Å². The minimum atomic E-state index is 0.409. The minimum absolute atomic E-state index is 0.409. The monoisotopic (exact) mass is 311 g/mol. The summed E-state index contributed by atoms with van der Waals surface area (Å²) in [5.74, 6) is 1.08. The maximum absolute atomic E-state index is 5.95. The zero-order chi connectivity index (χ0) is 14.6. The number of thioether (sulfide) groups is 1. The zero-order valence-electron chi connectivity index (χ0n) is 12.8. The molecule has 0 spiro atoms. The van der Waals surface area contributed by atoms with Crippen molar-refractivity contribution in [2.45, 2.75) is 57.1 Å². The normalized spacial score (nSPS) is 25.6. The Kier molecular flexibility index (Phi) is 5.83. The fraction of sp³-hybridized carbons (Fsp3) is 0.647. The van der Waals surface area contributed by atoms with Crippen LogP contribution in [0.5, 0.6) is 0 Å². The van der Waals surface area contributed by atoms with Gasteiger partial charge in [-0.3, -0.25) is 0 Å². The molecule has 1 N–H and O–H groups in total. The van der Waals surface area contributed by atoms with Crippen molar-refractivity contribution in [1.82, 2.24) is 5.32 Å². The first-order valence-electron chi connectivity index (χ1n) is 7.62. The Morgan fingerprint density at radius 3 is 2.65 bits per heavy atom. The van der Waals surface area contributed by atoms with Gasteiger partial charge in [0.25, 0.3) is 0 Å². The smallest absolute Gasteiger partial charge is 0.0406 e. The largest absolute Gasteiger partial charge is 0.313 e. The Bertz CT molecular complexity index is 416. The number of hydrogen-bond donors (Lipinski definition) is 1. The number of nitrogens with one attached hydrogen (secondary N) is 1. The summed E-state index contributed by atoms with van der Waals surface area (Å²) in [6.07, 6.45) is 4.02. The Morgan fingerprint density at radius 1 is 1.30 bits per heavy atom. The average Bonchev–Trinajstić information content (AvgIpc) is 2.41. The molecule has 0 bridgehead atoms. The lowest BCUT2D eigenvalue weighted by Crippen LogP contribution is -2.51. The molecule has 0 amide bonds. The molecule has 1 saturated carbocycles. The molecule has 0 aliphatic heterocycles. The molecule has 0 saturated heterocycles. The van der Waals surface area contributed by atoms with Gasteiger partial charge in [0.1, 0.15) is 0 Å². The van der Waals surface area contributed by atoms with Crippen LogP contribution in [0, 0.1) is 5.41 Å². The van der Waals surface area contributed by atoms with Crippen LogP contribution in [0.2, 0.25) is 5.02 Å². The predicted molar refractivity (Wildman–Crippen MR) is 91.6 cm³/mol. The van der Waals surface area contributed by atoms with E-state index in [0.29, 0.717) is 11.5 Å². The molecule has 1 aliphatic rings. The van der Waals surface area contributed by atoms with E-state index in [1.54, 1.807) is 0 Å². The lowest BCUT2D eigenvalue weighted by Gasteiger charge is -2.44. The second kappa shape index (κ2) is 7.20. The minimum Gasteiger partial charge on any atom is -0.313 e. The Morgan fingerprint density at radius 2 is 2.00 bits per heavy atom. The van der Waals surface area contributed by atoms with Crippen molar-refractivity contribution in [2.24, 2.45) is 5.41 Å². The maximum atomic E-state index is 5.95. The Labute approximate surface area is 132 Å². The molecule has 2 rings (SSSR count). The summed E-state index contributed by atoms with van der Waals surface area (Å²) in [7, 11) is 0. The molecule has 1 aliphatic carbocycles. The molecule has 1 aromatic rings. The van der Waals surface area contributed by atoms with Crippen molar-refractivity contribution in [3.8, 4) is 0 Å². The maximum Gasteiger partial charge on any atom is 0.0406 e. The van der Waals surface area contributed by atoms with Crippen LogP contribution in [0.1, 0.15) is 45.6 Å². The third kappa shape index (κ3) is 4.16. The van der Waals surface area contributed by atoms with Gasteiger partial charge in [-0.25, -0.2) is 0 Å². The Balaban J connectivity index is 1.97. The predicted octanol–water partition coefficient (Wildman–Crippen LogP) is 5.13. The summed E-state index contributed by atoms with van der Waals surface area (Å²) < 4.78 is 0. The van der Waals surface area contributed by atoms with Crippen LogP contribution >= 0.6 is 23.4 Å². The number of rotatable bonds is 5. The fourth-order valence-electron chi connectivity index (χ4n) is 3.18. The first kappa shape index (κ1) is 16.2. The fourth-order valence-corrected chi connectivity index (χ4v) is 4.89. The van der Waals surface area contributed by atoms with E-state index in [2.05, 4.69) is 50.0 Å². The summed E-state index contributed by atoms with van der Waals surface area (Å²) in [6.45, 7) is 8.10. The van der Waals surface area contributed by atoms with Crippen LogP contribution in [-0.4, -0.2) is 17.8 Å². The van der Waals surface area contributed by atoms with Gasteiger partial charge in [-0.1, -0.05) is 50.9 Å². The van der Waals surface area contributed by atoms with E-state index in [9.17, 15) is 0 Å². The number of hydrogen-bond acceptors (Lipinski definition) is 2. The third-order valence-electron chi connectivity index (χ3n) is 4.32. The summed E-state index contributed by atoms with van der Waals surface area (Å²) in [6, 6.07) is 8.89. The van der Waals surface area contributed by atoms with E-state index < -0.39 is 0 Å². The first-order chi connectivity index (χ1) is 9.53. The SMILES string of the molecule is CCNC1C(SCc2ccc(Cl)cc2)CCCC1(C)C. The van der Waals surface area contributed by atoms with Crippen molar-refractivity contribution in [1.29, 1.82) is 0 Å². The summed E-state index contributed by atoms with van der Waals surface area (Å²) in [5, 5.41) is 5.27. The van der Waals surface area contributed by atoms with E-state index in [1.807, 2.05) is 12.1 Å². The lowest BCUT2D eigenvalue weighted by molar-refractivity contribution is 0.176. The first-order valence-corrected chi connectivity index (χ1v) is 9.05. The highest BCUT2D eigenvalue weighted by Gasteiger charge is 2.38. The van der Waals surface area contributed by atoms with Gasteiger partial charge < -0.3 is 5.32 Å².